The highest BCUT2D eigenvalue weighted by atomic mass is 35.5. The lowest BCUT2D eigenvalue weighted by Crippen LogP contribution is -2.62. The zero-order valence-electron chi connectivity index (χ0n) is 11.3. The van der Waals surface area contributed by atoms with E-state index in [1.165, 1.54) is 0 Å². The van der Waals surface area contributed by atoms with Crippen LogP contribution in [0.1, 0.15) is 24.2 Å². The third kappa shape index (κ3) is 2.21. The van der Waals surface area contributed by atoms with Crippen LogP contribution in [-0.4, -0.2) is 42.8 Å². The molecule has 0 saturated carbocycles. The van der Waals surface area contributed by atoms with E-state index < -0.39 is 5.54 Å². The lowest BCUT2D eigenvalue weighted by Gasteiger charge is -2.46. The molecule has 0 atom stereocenters. The normalized spacial score (nSPS) is 18.6. The van der Waals surface area contributed by atoms with E-state index in [0.29, 0.717) is 29.4 Å². The lowest BCUT2D eigenvalue weighted by molar-refractivity contribution is -0.136. The molecule has 4 nitrogen and oxygen atoms in total. The van der Waals surface area contributed by atoms with Crippen LogP contribution >= 0.6 is 11.6 Å². The molecule has 1 amide bonds. The smallest absolute Gasteiger partial charge is 0.247 e. The van der Waals surface area contributed by atoms with Crippen LogP contribution in [-0.2, 0) is 4.79 Å². The highest BCUT2D eigenvalue weighted by molar-refractivity contribution is 6.34. The van der Waals surface area contributed by atoms with Gasteiger partial charge in [0, 0.05) is 25.7 Å². The number of anilines is 1. The molecule has 5 heteroatoms. The van der Waals surface area contributed by atoms with Gasteiger partial charge in [0.15, 0.2) is 6.29 Å². The van der Waals surface area contributed by atoms with Gasteiger partial charge in [0.25, 0.3) is 0 Å². The van der Waals surface area contributed by atoms with Gasteiger partial charge in [-0.1, -0.05) is 17.7 Å². The second kappa shape index (κ2) is 4.85. The molecule has 1 aromatic rings. The number of rotatable bonds is 2. The van der Waals surface area contributed by atoms with Gasteiger partial charge < -0.3 is 9.80 Å². The number of amides is 1. The van der Waals surface area contributed by atoms with Crippen LogP contribution in [0, 0.1) is 0 Å². The summed E-state index contributed by atoms with van der Waals surface area (Å²) in [6, 6.07) is 5.19. The summed E-state index contributed by atoms with van der Waals surface area (Å²) in [7, 11) is 1.79. The standard InChI is InChI=1S/C14H17ClN2O2/c1-14(2)13(19)16(3)7-8-17(14)12-10(9-18)5-4-6-11(12)15/h4-6,9H,7-8H2,1-3H3. The van der Waals surface area contributed by atoms with E-state index in [1.54, 1.807) is 30.1 Å². The molecule has 0 bridgehead atoms. The first kappa shape index (κ1) is 13.9. The van der Waals surface area contributed by atoms with Crippen LogP contribution in [0.2, 0.25) is 5.02 Å². The number of hydrogen-bond acceptors (Lipinski definition) is 3. The van der Waals surface area contributed by atoms with E-state index in [-0.39, 0.29) is 5.91 Å². The summed E-state index contributed by atoms with van der Waals surface area (Å²) in [4.78, 5) is 27.1. The maximum atomic E-state index is 12.3. The molecule has 2 rings (SSSR count). The average molecular weight is 281 g/mol. The molecule has 0 unspecified atom stereocenters. The van der Waals surface area contributed by atoms with Crippen molar-refractivity contribution in [1.82, 2.24) is 4.90 Å². The van der Waals surface area contributed by atoms with Gasteiger partial charge in [0.2, 0.25) is 5.91 Å². The number of halogens is 1. The predicted molar refractivity (Wildman–Crippen MR) is 75.9 cm³/mol. The molecule has 0 spiro atoms. The van der Waals surface area contributed by atoms with Crippen molar-refractivity contribution in [3.63, 3.8) is 0 Å². The molecule has 0 N–H and O–H groups in total. The van der Waals surface area contributed by atoms with Crippen LogP contribution in [0.25, 0.3) is 0 Å². The summed E-state index contributed by atoms with van der Waals surface area (Å²) in [5, 5.41) is 0.495. The Balaban J connectivity index is 2.53. The highest BCUT2D eigenvalue weighted by Crippen LogP contribution is 2.35. The van der Waals surface area contributed by atoms with Gasteiger partial charge in [-0.2, -0.15) is 0 Å². The molecule has 1 heterocycles. The number of nitrogens with zero attached hydrogens (tertiary/aromatic N) is 2. The fraction of sp³-hybridized carbons (Fsp3) is 0.429. The van der Waals surface area contributed by atoms with E-state index in [9.17, 15) is 9.59 Å². The first-order valence-corrected chi connectivity index (χ1v) is 6.54. The zero-order valence-corrected chi connectivity index (χ0v) is 12.1. The molecular formula is C14H17ClN2O2. The number of likely N-dealkylation sites (N-methyl/N-ethyl adjacent to an activating group) is 1. The van der Waals surface area contributed by atoms with Crippen molar-refractivity contribution in [2.75, 3.05) is 25.0 Å². The van der Waals surface area contributed by atoms with Gasteiger partial charge >= 0.3 is 0 Å². The van der Waals surface area contributed by atoms with Crippen LogP contribution < -0.4 is 4.90 Å². The van der Waals surface area contributed by atoms with Crippen LogP contribution in [0.4, 0.5) is 5.69 Å². The van der Waals surface area contributed by atoms with Gasteiger partial charge in [-0.05, 0) is 26.0 Å². The Bertz CT molecular complexity index is 528. The number of aldehydes is 1. The number of hydrogen-bond donors (Lipinski definition) is 0. The second-order valence-corrected chi connectivity index (χ2v) is 5.64. The van der Waals surface area contributed by atoms with Crippen molar-refractivity contribution in [1.29, 1.82) is 0 Å². The highest BCUT2D eigenvalue weighted by Gasteiger charge is 2.41. The Hall–Kier alpha value is -1.55. The minimum atomic E-state index is -0.713. The molecule has 0 aliphatic carbocycles. The molecule has 1 fully saturated rings. The number of piperazine rings is 1. The minimum absolute atomic E-state index is 0.0236. The van der Waals surface area contributed by atoms with E-state index in [4.69, 9.17) is 11.6 Å². The molecular weight excluding hydrogens is 264 g/mol. The number of para-hydroxylation sites is 1. The van der Waals surface area contributed by atoms with Crippen molar-refractivity contribution in [2.45, 2.75) is 19.4 Å². The molecule has 1 aromatic carbocycles. The Labute approximate surface area is 117 Å². The SMILES string of the molecule is CN1CCN(c2c(Cl)cccc2C=O)C(C)(C)C1=O. The number of carbonyl (C=O) groups excluding carboxylic acids is 2. The van der Waals surface area contributed by atoms with Crippen molar-refractivity contribution in [3.8, 4) is 0 Å². The van der Waals surface area contributed by atoms with Crippen molar-refractivity contribution < 1.29 is 9.59 Å². The molecule has 1 aliphatic rings. The van der Waals surface area contributed by atoms with Crippen LogP contribution in [0.3, 0.4) is 0 Å². The predicted octanol–water partition coefficient (Wildman–Crippen LogP) is 2.21. The van der Waals surface area contributed by atoms with Gasteiger partial charge in [0.05, 0.1) is 10.7 Å². The number of benzene rings is 1. The van der Waals surface area contributed by atoms with Gasteiger partial charge in [-0.25, -0.2) is 0 Å². The Morgan fingerprint density at radius 3 is 2.63 bits per heavy atom. The van der Waals surface area contributed by atoms with E-state index >= 15 is 0 Å². The fourth-order valence-electron chi connectivity index (χ4n) is 2.52. The maximum Gasteiger partial charge on any atom is 0.247 e. The minimum Gasteiger partial charge on any atom is -0.354 e. The van der Waals surface area contributed by atoms with Crippen molar-refractivity contribution >= 4 is 29.5 Å². The Morgan fingerprint density at radius 2 is 2.00 bits per heavy atom. The summed E-state index contributed by atoms with van der Waals surface area (Å²) < 4.78 is 0. The van der Waals surface area contributed by atoms with E-state index in [2.05, 4.69) is 0 Å². The van der Waals surface area contributed by atoms with E-state index in [0.717, 1.165) is 6.29 Å². The first-order valence-electron chi connectivity index (χ1n) is 6.16. The van der Waals surface area contributed by atoms with Crippen molar-refractivity contribution in [2.24, 2.45) is 0 Å². The van der Waals surface area contributed by atoms with Crippen LogP contribution in [0.5, 0.6) is 0 Å². The largest absolute Gasteiger partial charge is 0.354 e. The van der Waals surface area contributed by atoms with Gasteiger partial charge in [0.1, 0.15) is 5.54 Å². The second-order valence-electron chi connectivity index (χ2n) is 5.23. The molecule has 1 saturated heterocycles. The molecule has 0 radical (unpaired) electrons. The summed E-state index contributed by atoms with van der Waals surface area (Å²) in [5.41, 5.74) is 0.444. The van der Waals surface area contributed by atoms with Gasteiger partial charge in [-0.15, -0.1) is 0 Å². The zero-order chi connectivity index (χ0) is 14.2. The van der Waals surface area contributed by atoms with E-state index in [1.807, 2.05) is 18.7 Å². The summed E-state index contributed by atoms with van der Waals surface area (Å²) in [6.07, 6.45) is 0.778. The maximum absolute atomic E-state index is 12.3. The third-order valence-electron chi connectivity index (χ3n) is 3.62. The molecule has 19 heavy (non-hydrogen) atoms. The summed E-state index contributed by atoms with van der Waals surface area (Å²) in [6.45, 7) is 4.97. The monoisotopic (exact) mass is 280 g/mol. The first-order chi connectivity index (χ1) is 8.89. The number of carbonyl (C=O) groups is 2. The molecule has 102 valence electrons. The lowest BCUT2D eigenvalue weighted by atomic mass is 9.95. The Morgan fingerprint density at radius 1 is 1.32 bits per heavy atom. The topological polar surface area (TPSA) is 40.6 Å². The van der Waals surface area contributed by atoms with Crippen molar-refractivity contribution in [3.05, 3.63) is 28.8 Å². The van der Waals surface area contributed by atoms with Crippen LogP contribution in [0.15, 0.2) is 18.2 Å². The Kier molecular flexibility index (Phi) is 3.54. The third-order valence-corrected chi connectivity index (χ3v) is 3.92. The molecule has 1 aliphatic heterocycles. The molecule has 0 aromatic heterocycles. The van der Waals surface area contributed by atoms with Gasteiger partial charge in [-0.3, -0.25) is 9.59 Å². The fourth-order valence-corrected chi connectivity index (χ4v) is 2.80. The quantitative estimate of drug-likeness (QED) is 0.780. The summed E-state index contributed by atoms with van der Waals surface area (Å²) >= 11 is 6.23. The summed E-state index contributed by atoms with van der Waals surface area (Å²) in [5.74, 6) is 0.0236. The average Bonchev–Trinajstić information content (AvgIpc) is 2.37.